The molecule has 2 aromatic heterocycles. The molecule has 2 heterocycles. The van der Waals surface area contributed by atoms with Crippen molar-refractivity contribution in [3.8, 4) is 10.6 Å². The van der Waals surface area contributed by atoms with Crippen LogP contribution in [0.1, 0.15) is 26.5 Å². The first kappa shape index (κ1) is 16.4. The van der Waals surface area contributed by atoms with E-state index in [1.54, 1.807) is 23.1 Å². The van der Waals surface area contributed by atoms with Gasteiger partial charge in [0, 0.05) is 21.7 Å². The van der Waals surface area contributed by atoms with Crippen LogP contribution in [0.2, 0.25) is 5.02 Å². The molecule has 8 heteroatoms. The molecular formula is C15H16ClN5S2. The number of hydrogen-bond donors (Lipinski definition) is 0. The zero-order valence-electron chi connectivity index (χ0n) is 13.0. The Kier molecular flexibility index (Phi) is 4.70. The maximum Gasteiger partial charge on any atom is 0.210 e. The maximum atomic E-state index is 5.92. The Morgan fingerprint density at radius 2 is 1.96 bits per heavy atom. The quantitative estimate of drug-likeness (QED) is 0.637. The molecule has 0 saturated heterocycles. The van der Waals surface area contributed by atoms with Crippen molar-refractivity contribution in [2.75, 3.05) is 0 Å². The van der Waals surface area contributed by atoms with E-state index in [9.17, 15) is 0 Å². The average molecular weight is 366 g/mol. The summed E-state index contributed by atoms with van der Waals surface area (Å²) in [6, 6.07) is 7.73. The molecule has 0 saturated carbocycles. The van der Waals surface area contributed by atoms with E-state index < -0.39 is 0 Å². The summed E-state index contributed by atoms with van der Waals surface area (Å²) in [5.74, 6) is 0.737. The van der Waals surface area contributed by atoms with E-state index in [2.05, 4.69) is 46.7 Å². The summed E-state index contributed by atoms with van der Waals surface area (Å²) in [4.78, 5) is 4.68. The molecule has 0 amide bonds. The summed E-state index contributed by atoms with van der Waals surface area (Å²) < 4.78 is 1.84. The molecule has 0 spiro atoms. The largest absolute Gasteiger partial charge is 0.240 e. The lowest BCUT2D eigenvalue weighted by atomic mass is 10.1. The van der Waals surface area contributed by atoms with Crippen LogP contribution >= 0.6 is 34.7 Å². The van der Waals surface area contributed by atoms with Crippen molar-refractivity contribution in [2.45, 2.75) is 37.2 Å². The number of aromatic nitrogens is 5. The van der Waals surface area contributed by atoms with Gasteiger partial charge in [-0.3, -0.25) is 0 Å². The Bertz CT molecular complexity index is 789. The number of halogens is 1. The van der Waals surface area contributed by atoms with E-state index in [1.807, 2.05) is 28.9 Å². The van der Waals surface area contributed by atoms with Crippen LogP contribution in [0.3, 0.4) is 0 Å². The van der Waals surface area contributed by atoms with Crippen LogP contribution in [0, 0.1) is 0 Å². The van der Waals surface area contributed by atoms with E-state index in [0.29, 0.717) is 0 Å². The highest BCUT2D eigenvalue weighted by Gasteiger charge is 2.20. The lowest BCUT2D eigenvalue weighted by molar-refractivity contribution is 0.321. The topological polar surface area (TPSA) is 56.5 Å². The highest BCUT2D eigenvalue weighted by atomic mass is 35.5. The molecule has 0 unspecified atom stereocenters. The molecule has 0 N–H and O–H groups in total. The lowest BCUT2D eigenvalue weighted by Crippen LogP contribution is -2.24. The molecule has 0 aliphatic rings. The molecule has 1 aromatic carbocycles. The van der Waals surface area contributed by atoms with Crippen molar-refractivity contribution < 1.29 is 0 Å². The third-order valence-electron chi connectivity index (χ3n) is 3.07. The van der Waals surface area contributed by atoms with Crippen molar-refractivity contribution in [3.63, 3.8) is 0 Å². The number of nitrogens with zero attached hydrogens (tertiary/aromatic N) is 5. The molecule has 0 radical (unpaired) electrons. The van der Waals surface area contributed by atoms with Crippen molar-refractivity contribution in [1.82, 2.24) is 25.2 Å². The first-order chi connectivity index (χ1) is 10.9. The molecule has 3 aromatic rings. The molecule has 23 heavy (non-hydrogen) atoms. The Balaban J connectivity index is 1.71. The van der Waals surface area contributed by atoms with Gasteiger partial charge >= 0.3 is 0 Å². The van der Waals surface area contributed by atoms with Gasteiger partial charge in [-0.25, -0.2) is 9.67 Å². The normalized spacial score (nSPS) is 11.8. The van der Waals surface area contributed by atoms with Crippen molar-refractivity contribution in [2.24, 2.45) is 0 Å². The van der Waals surface area contributed by atoms with Crippen LogP contribution in [0.25, 0.3) is 10.6 Å². The van der Waals surface area contributed by atoms with Crippen LogP contribution in [0.15, 0.2) is 34.8 Å². The fourth-order valence-electron chi connectivity index (χ4n) is 1.93. The lowest BCUT2D eigenvalue weighted by Gasteiger charge is -2.19. The van der Waals surface area contributed by atoms with Gasteiger partial charge in [-0.1, -0.05) is 35.5 Å². The summed E-state index contributed by atoms with van der Waals surface area (Å²) >= 11 is 9.15. The van der Waals surface area contributed by atoms with Crippen LogP contribution < -0.4 is 0 Å². The molecule has 3 rings (SSSR count). The van der Waals surface area contributed by atoms with Gasteiger partial charge in [0.2, 0.25) is 5.16 Å². The van der Waals surface area contributed by atoms with E-state index in [1.165, 1.54) is 0 Å². The minimum Gasteiger partial charge on any atom is -0.240 e. The third kappa shape index (κ3) is 3.91. The molecule has 0 fully saturated rings. The predicted octanol–water partition coefficient (Wildman–Crippen LogP) is 4.50. The Hall–Kier alpha value is -1.44. The predicted molar refractivity (Wildman–Crippen MR) is 94.9 cm³/mol. The zero-order valence-corrected chi connectivity index (χ0v) is 15.4. The molecule has 0 aliphatic heterocycles. The SMILES string of the molecule is CC(C)(C)n1nnnc1SCc1csc(-c2ccc(Cl)cc2)n1. The van der Waals surface area contributed by atoms with Gasteiger partial charge in [0.25, 0.3) is 0 Å². The van der Waals surface area contributed by atoms with E-state index in [-0.39, 0.29) is 5.54 Å². The molecule has 0 atom stereocenters. The fraction of sp³-hybridized carbons (Fsp3) is 0.333. The van der Waals surface area contributed by atoms with Crippen molar-refractivity contribution >= 4 is 34.7 Å². The van der Waals surface area contributed by atoms with Crippen LogP contribution in [0.4, 0.5) is 0 Å². The summed E-state index contributed by atoms with van der Waals surface area (Å²) in [7, 11) is 0. The Morgan fingerprint density at radius 1 is 1.22 bits per heavy atom. The minimum atomic E-state index is -0.137. The summed E-state index contributed by atoms with van der Waals surface area (Å²) in [5.41, 5.74) is 1.96. The monoisotopic (exact) mass is 365 g/mol. The third-order valence-corrected chi connectivity index (χ3v) is 5.21. The molecule has 120 valence electrons. The maximum absolute atomic E-state index is 5.92. The second-order valence-corrected chi connectivity index (χ2v) is 8.22. The van der Waals surface area contributed by atoms with Crippen LogP contribution in [-0.2, 0) is 11.3 Å². The zero-order chi connectivity index (χ0) is 16.4. The Labute approximate surface area is 148 Å². The molecule has 0 bridgehead atoms. The minimum absolute atomic E-state index is 0.137. The highest BCUT2D eigenvalue weighted by molar-refractivity contribution is 7.98. The smallest absolute Gasteiger partial charge is 0.210 e. The molecule has 5 nitrogen and oxygen atoms in total. The number of thiazole rings is 1. The fourth-order valence-corrected chi connectivity index (χ4v) is 3.94. The number of thioether (sulfide) groups is 1. The van der Waals surface area contributed by atoms with E-state index in [4.69, 9.17) is 11.6 Å². The standard InChI is InChI=1S/C15H16ClN5S2/c1-15(2,3)21-14(18-19-20-21)23-9-12-8-22-13(17-12)10-4-6-11(16)7-5-10/h4-8H,9H2,1-3H3. The van der Waals surface area contributed by atoms with Gasteiger partial charge in [0.05, 0.1) is 11.2 Å². The summed E-state index contributed by atoms with van der Waals surface area (Å²) in [6.45, 7) is 6.23. The van der Waals surface area contributed by atoms with E-state index >= 15 is 0 Å². The first-order valence-corrected chi connectivity index (χ1v) is 9.30. The van der Waals surface area contributed by atoms with Gasteiger partial charge in [-0.2, -0.15) is 0 Å². The van der Waals surface area contributed by atoms with Gasteiger partial charge in [-0.15, -0.1) is 16.4 Å². The molecular weight excluding hydrogens is 350 g/mol. The van der Waals surface area contributed by atoms with Gasteiger partial charge in [0.1, 0.15) is 5.01 Å². The van der Waals surface area contributed by atoms with Gasteiger partial charge in [0.15, 0.2) is 0 Å². The summed E-state index contributed by atoms with van der Waals surface area (Å²) in [6.07, 6.45) is 0. The average Bonchev–Trinajstić information content (AvgIpc) is 3.14. The first-order valence-electron chi connectivity index (χ1n) is 7.05. The number of hydrogen-bond acceptors (Lipinski definition) is 6. The number of rotatable bonds is 4. The van der Waals surface area contributed by atoms with Crippen molar-refractivity contribution in [3.05, 3.63) is 40.4 Å². The van der Waals surface area contributed by atoms with Gasteiger partial charge in [-0.05, 0) is 43.3 Å². The molecule has 0 aliphatic carbocycles. The Morgan fingerprint density at radius 3 is 2.65 bits per heavy atom. The van der Waals surface area contributed by atoms with Gasteiger partial charge < -0.3 is 0 Å². The van der Waals surface area contributed by atoms with Crippen LogP contribution in [-0.4, -0.2) is 25.2 Å². The second kappa shape index (κ2) is 6.59. The van der Waals surface area contributed by atoms with Crippen molar-refractivity contribution in [1.29, 1.82) is 0 Å². The summed E-state index contributed by atoms with van der Waals surface area (Å²) in [5, 5.41) is 16.5. The highest BCUT2D eigenvalue weighted by Crippen LogP contribution is 2.29. The number of benzene rings is 1. The van der Waals surface area contributed by atoms with Crippen LogP contribution in [0.5, 0.6) is 0 Å². The van der Waals surface area contributed by atoms with E-state index in [0.717, 1.165) is 32.2 Å². The second-order valence-electron chi connectivity index (χ2n) is 5.98. The number of tetrazole rings is 1.